The molecule has 11 heteroatoms. The molecular formula is C18H19F2N5O3S. The van der Waals surface area contributed by atoms with E-state index in [1.54, 1.807) is 25.2 Å². The third-order valence-corrected chi connectivity index (χ3v) is 6.94. The minimum absolute atomic E-state index is 0.0317. The summed E-state index contributed by atoms with van der Waals surface area (Å²) in [5, 5.41) is 0.0707. The number of benzene rings is 1. The molecule has 0 N–H and O–H groups in total. The largest absolute Gasteiger partial charge is 0.324 e. The normalized spacial score (nSPS) is 18.1. The van der Waals surface area contributed by atoms with Gasteiger partial charge in [-0.3, -0.25) is 9.36 Å². The maximum atomic E-state index is 13.2. The van der Waals surface area contributed by atoms with Crippen LogP contribution >= 0.6 is 0 Å². The minimum atomic E-state index is -3.99. The molecule has 4 rings (SSSR count). The van der Waals surface area contributed by atoms with Crippen molar-refractivity contribution in [1.29, 1.82) is 0 Å². The Labute approximate surface area is 165 Å². The molecule has 29 heavy (non-hydrogen) atoms. The maximum Gasteiger partial charge on any atom is 0.277 e. The van der Waals surface area contributed by atoms with E-state index in [0.717, 1.165) is 4.57 Å². The predicted molar refractivity (Wildman–Crippen MR) is 101 cm³/mol. The first-order valence-corrected chi connectivity index (χ1v) is 10.5. The van der Waals surface area contributed by atoms with Gasteiger partial charge in [0.15, 0.2) is 0 Å². The van der Waals surface area contributed by atoms with Gasteiger partial charge in [-0.05, 0) is 25.0 Å². The van der Waals surface area contributed by atoms with Gasteiger partial charge in [0.1, 0.15) is 5.82 Å². The van der Waals surface area contributed by atoms with Crippen molar-refractivity contribution in [1.82, 2.24) is 23.4 Å². The molecule has 0 radical (unpaired) electrons. The van der Waals surface area contributed by atoms with Gasteiger partial charge in [0, 0.05) is 26.0 Å². The second-order valence-electron chi connectivity index (χ2n) is 6.89. The number of sulfonamides is 1. The van der Waals surface area contributed by atoms with Crippen molar-refractivity contribution in [3.05, 3.63) is 52.8 Å². The van der Waals surface area contributed by atoms with Gasteiger partial charge in [0.25, 0.3) is 22.0 Å². The number of rotatable bonds is 5. The Kier molecular flexibility index (Phi) is 4.95. The standard InChI is InChI=1S/C18H19F2N5O3S/c1-23-10-8-21-18(23)29(27,28)25-9-4-7-14(25)16-22-13-6-3-2-5-12(13)17(26)24(16)11-15(19)20/h2-3,5-6,8,10,14-15H,4,7,9,11H2,1H3. The number of nitrogens with zero attached hydrogens (tertiary/aromatic N) is 5. The molecule has 1 aromatic carbocycles. The molecule has 1 saturated heterocycles. The van der Waals surface area contributed by atoms with Crippen LogP contribution in [0.4, 0.5) is 8.78 Å². The van der Waals surface area contributed by atoms with Crippen LogP contribution in [0.2, 0.25) is 0 Å². The average molecular weight is 423 g/mol. The molecule has 1 unspecified atom stereocenters. The SMILES string of the molecule is Cn1ccnc1S(=O)(=O)N1CCCC1c1nc2ccccc2c(=O)n1CC(F)F. The first-order valence-electron chi connectivity index (χ1n) is 9.07. The number of para-hydroxylation sites is 1. The third-order valence-electron chi connectivity index (χ3n) is 5.03. The lowest BCUT2D eigenvalue weighted by atomic mass is 10.2. The second-order valence-corrected chi connectivity index (χ2v) is 8.67. The van der Waals surface area contributed by atoms with Crippen LogP contribution in [0.25, 0.3) is 10.9 Å². The summed E-state index contributed by atoms with van der Waals surface area (Å²) < 4.78 is 56.3. The molecule has 1 fully saturated rings. The summed E-state index contributed by atoms with van der Waals surface area (Å²) >= 11 is 0. The van der Waals surface area contributed by atoms with Crippen LogP contribution in [0.3, 0.4) is 0 Å². The molecule has 1 atom stereocenters. The van der Waals surface area contributed by atoms with Gasteiger partial charge < -0.3 is 4.57 Å². The topological polar surface area (TPSA) is 90.1 Å². The van der Waals surface area contributed by atoms with E-state index in [4.69, 9.17) is 0 Å². The molecule has 0 spiro atoms. The molecule has 0 saturated carbocycles. The highest BCUT2D eigenvalue weighted by Gasteiger charge is 2.40. The summed E-state index contributed by atoms with van der Waals surface area (Å²) in [5.74, 6) is 0.0317. The summed E-state index contributed by atoms with van der Waals surface area (Å²) in [5.41, 5.74) is -0.258. The quantitative estimate of drug-likeness (QED) is 0.626. The van der Waals surface area contributed by atoms with E-state index in [1.165, 1.54) is 27.3 Å². The molecule has 1 aliphatic heterocycles. The second kappa shape index (κ2) is 7.30. The highest BCUT2D eigenvalue weighted by atomic mass is 32.2. The molecule has 3 heterocycles. The van der Waals surface area contributed by atoms with Crippen molar-refractivity contribution in [2.75, 3.05) is 6.54 Å². The fourth-order valence-corrected chi connectivity index (χ4v) is 5.48. The van der Waals surface area contributed by atoms with Gasteiger partial charge in [0.2, 0.25) is 5.16 Å². The molecule has 0 amide bonds. The molecule has 0 bridgehead atoms. The van der Waals surface area contributed by atoms with E-state index in [1.807, 2.05) is 0 Å². The lowest BCUT2D eigenvalue weighted by molar-refractivity contribution is 0.122. The van der Waals surface area contributed by atoms with Crippen molar-refractivity contribution in [3.63, 3.8) is 0 Å². The van der Waals surface area contributed by atoms with Crippen LogP contribution in [0, 0.1) is 0 Å². The van der Waals surface area contributed by atoms with E-state index < -0.39 is 34.6 Å². The number of halogens is 2. The van der Waals surface area contributed by atoms with E-state index >= 15 is 0 Å². The number of aryl methyl sites for hydroxylation is 1. The van der Waals surface area contributed by atoms with Gasteiger partial charge >= 0.3 is 0 Å². The van der Waals surface area contributed by atoms with Crippen LogP contribution in [-0.2, 0) is 23.6 Å². The van der Waals surface area contributed by atoms with E-state index in [0.29, 0.717) is 18.4 Å². The van der Waals surface area contributed by atoms with Crippen LogP contribution < -0.4 is 5.56 Å². The van der Waals surface area contributed by atoms with Gasteiger partial charge in [-0.2, -0.15) is 4.31 Å². The van der Waals surface area contributed by atoms with Crippen molar-refractivity contribution in [2.45, 2.75) is 37.0 Å². The molecule has 2 aromatic heterocycles. The fourth-order valence-electron chi connectivity index (χ4n) is 3.75. The summed E-state index contributed by atoms with van der Waals surface area (Å²) in [7, 11) is -2.43. The predicted octanol–water partition coefficient (Wildman–Crippen LogP) is 1.92. The first kappa shape index (κ1) is 19.6. The highest BCUT2D eigenvalue weighted by molar-refractivity contribution is 7.89. The zero-order chi connectivity index (χ0) is 20.8. The van der Waals surface area contributed by atoms with Gasteiger partial charge in [-0.1, -0.05) is 12.1 Å². The van der Waals surface area contributed by atoms with Crippen molar-refractivity contribution in [3.8, 4) is 0 Å². The summed E-state index contributed by atoms with van der Waals surface area (Å²) in [6.45, 7) is -0.657. The summed E-state index contributed by atoms with van der Waals surface area (Å²) in [4.78, 5) is 21.2. The van der Waals surface area contributed by atoms with Gasteiger partial charge in [-0.25, -0.2) is 27.2 Å². The number of fused-ring (bicyclic) bond motifs is 1. The number of hydrogen-bond acceptors (Lipinski definition) is 5. The van der Waals surface area contributed by atoms with Crippen LogP contribution in [-0.4, -0.2) is 44.8 Å². The summed E-state index contributed by atoms with van der Waals surface area (Å²) in [6.07, 6.45) is 0.997. The van der Waals surface area contributed by atoms with Crippen molar-refractivity contribution < 1.29 is 17.2 Å². The van der Waals surface area contributed by atoms with Crippen LogP contribution in [0.15, 0.2) is 46.6 Å². The number of imidazole rings is 1. The number of aromatic nitrogens is 4. The van der Waals surface area contributed by atoms with Crippen molar-refractivity contribution in [2.24, 2.45) is 7.05 Å². The zero-order valence-electron chi connectivity index (χ0n) is 15.6. The highest BCUT2D eigenvalue weighted by Crippen LogP contribution is 2.35. The Morgan fingerprint density at radius 1 is 1.28 bits per heavy atom. The fraction of sp³-hybridized carbons (Fsp3) is 0.389. The minimum Gasteiger partial charge on any atom is -0.324 e. The lowest BCUT2D eigenvalue weighted by Gasteiger charge is -2.25. The lowest BCUT2D eigenvalue weighted by Crippen LogP contribution is -2.37. The average Bonchev–Trinajstić information content (AvgIpc) is 3.33. The number of alkyl halides is 2. The van der Waals surface area contributed by atoms with Crippen LogP contribution in [0.5, 0.6) is 0 Å². The molecule has 3 aromatic rings. The third kappa shape index (κ3) is 3.33. The van der Waals surface area contributed by atoms with Crippen LogP contribution in [0.1, 0.15) is 24.7 Å². The molecule has 8 nitrogen and oxygen atoms in total. The maximum absolute atomic E-state index is 13.2. The molecule has 154 valence electrons. The zero-order valence-corrected chi connectivity index (χ0v) is 16.4. The smallest absolute Gasteiger partial charge is 0.277 e. The first-order chi connectivity index (χ1) is 13.8. The summed E-state index contributed by atoms with van der Waals surface area (Å²) in [6, 6.07) is 5.62. The van der Waals surface area contributed by atoms with Crippen molar-refractivity contribution >= 4 is 20.9 Å². The Morgan fingerprint density at radius 2 is 2.03 bits per heavy atom. The van der Waals surface area contributed by atoms with Gasteiger partial charge in [-0.15, -0.1) is 0 Å². The monoisotopic (exact) mass is 423 g/mol. The van der Waals surface area contributed by atoms with Gasteiger partial charge in [0.05, 0.1) is 23.5 Å². The Bertz CT molecular complexity index is 1220. The van der Waals surface area contributed by atoms with E-state index in [-0.39, 0.29) is 22.9 Å². The Balaban J connectivity index is 1.89. The Hall–Kier alpha value is -2.66. The molecular weight excluding hydrogens is 404 g/mol. The number of hydrogen-bond donors (Lipinski definition) is 0. The van der Waals surface area contributed by atoms with E-state index in [2.05, 4.69) is 9.97 Å². The molecule has 0 aliphatic carbocycles. The van der Waals surface area contributed by atoms with E-state index in [9.17, 15) is 22.0 Å². The molecule has 1 aliphatic rings. The Morgan fingerprint density at radius 3 is 2.72 bits per heavy atom.